The Balaban J connectivity index is 1.82. The van der Waals surface area contributed by atoms with Gasteiger partial charge in [-0.3, -0.25) is 4.98 Å². The van der Waals surface area contributed by atoms with Crippen LogP contribution in [0.3, 0.4) is 0 Å². The number of benzene rings is 1. The predicted molar refractivity (Wildman–Crippen MR) is 86.3 cm³/mol. The summed E-state index contributed by atoms with van der Waals surface area (Å²) in [5.41, 5.74) is 4.01. The summed E-state index contributed by atoms with van der Waals surface area (Å²) in [6.45, 7) is 2.46. The Bertz CT molecular complexity index is 676. The maximum atomic E-state index is 14.1. The van der Waals surface area contributed by atoms with Crippen LogP contribution in [0.25, 0.3) is 5.57 Å². The van der Waals surface area contributed by atoms with E-state index in [4.69, 9.17) is 4.74 Å². The maximum Gasteiger partial charge on any atom is 0.138 e. The summed E-state index contributed by atoms with van der Waals surface area (Å²) in [6.07, 6.45) is 5.89. The lowest BCUT2D eigenvalue weighted by molar-refractivity contribution is 0.343. The third kappa shape index (κ3) is 3.35. The van der Waals surface area contributed by atoms with E-state index in [9.17, 15) is 4.39 Å². The molecular formula is C19H20FNO. The molecule has 0 bridgehead atoms. The van der Waals surface area contributed by atoms with E-state index in [1.165, 1.54) is 11.6 Å². The molecule has 0 unspecified atom stereocenters. The number of hydrogen-bond acceptors (Lipinski definition) is 2. The summed E-state index contributed by atoms with van der Waals surface area (Å²) in [5, 5.41) is 0. The summed E-state index contributed by atoms with van der Waals surface area (Å²) in [7, 11) is 0. The number of halogens is 1. The van der Waals surface area contributed by atoms with Crippen molar-refractivity contribution >= 4 is 5.57 Å². The summed E-state index contributed by atoms with van der Waals surface area (Å²) >= 11 is 0. The lowest BCUT2D eigenvalue weighted by atomic mass is 9.87. The van der Waals surface area contributed by atoms with Crippen LogP contribution >= 0.6 is 0 Å². The minimum absolute atomic E-state index is 0.145. The van der Waals surface area contributed by atoms with E-state index in [1.807, 2.05) is 31.2 Å². The first kappa shape index (κ1) is 14.8. The van der Waals surface area contributed by atoms with Crippen molar-refractivity contribution in [2.24, 2.45) is 0 Å². The molecule has 0 saturated heterocycles. The highest BCUT2D eigenvalue weighted by Crippen LogP contribution is 2.33. The number of pyridine rings is 1. The van der Waals surface area contributed by atoms with Crippen molar-refractivity contribution in [2.45, 2.75) is 32.6 Å². The monoisotopic (exact) mass is 297 g/mol. The van der Waals surface area contributed by atoms with Crippen molar-refractivity contribution in [3.8, 4) is 5.75 Å². The molecule has 0 spiro atoms. The highest BCUT2D eigenvalue weighted by molar-refractivity contribution is 5.70. The first-order chi connectivity index (χ1) is 10.7. The van der Waals surface area contributed by atoms with Gasteiger partial charge < -0.3 is 4.74 Å². The smallest absolute Gasteiger partial charge is 0.138 e. The normalized spacial score (nSPS) is 15.0. The Morgan fingerprint density at radius 3 is 2.68 bits per heavy atom. The van der Waals surface area contributed by atoms with E-state index in [1.54, 1.807) is 12.3 Å². The van der Waals surface area contributed by atoms with Gasteiger partial charge >= 0.3 is 0 Å². The van der Waals surface area contributed by atoms with Gasteiger partial charge in [0, 0.05) is 11.3 Å². The second-order valence-corrected chi connectivity index (χ2v) is 5.69. The molecule has 0 fully saturated rings. The second-order valence-electron chi connectivity index (χ2n) is 5.69. The number of aryl methyl sites for hydroxylation is 1. The van der Waals surface area contributed by atoms with Crippen molar-refractivity contribution in [1.29, 1.82) is 0 Å². The third-order valence-corrected chi connectivity index (χ3v) is 4.08. The van der Waals surface area contributed by atoms with Crippen LogP contribution < -0.4 is 4.74 Å². The SMILES string of the molecule is Cc1ccc(OCC2=C(c3ccccc3F)CCCC2)cn1. The number of rotatable bonds is 4. The van der Waals surface area contributed by atoms with E-state index >= 15 is 0 Å². The quantitative estimate of drug-likeness (QED) is 0.797. The van der Waals surface area contributed by atoms with Gasteiger partial charge in [0.25, 0.3) is 0 Å². The molecule has 3 heteroatoms. The fourth-order valence-corrected chi connectivity index (χ4v) is 2.87. The lowest BCUT2D eigenvalue weighted by Gasteiger charge is -2.21. The fraction of sp³-hybridized carbons (Fsp3) is 0.316. The van der Waals surface area contributed by atoms with Gasteiger partial charge in [-0.25, -0.2) is 4.39 Å². The number of hydrogen-bond donors (Lipinski definition) is 0. The molecule has 0 amide bonds. The van der Waals surface area contributed by atoms with Crippen molar-refractivity contribution in [2.75, 3.05) is 6.61 Å². The maximum absolute atomic E-state index is 14.1. The molecule has 22 heavy (non-hydrogen) atoms. The Morgan fingerprint density at radius 1 is 1.09 bits per heavy atom. The Kier molecular flexibility index (Phi) is 4.52. The zero-order chi connectivity index (χ0) is 15.4. The van der Waals surface area contributed by atoms with Gasteiger partial charge in [0.05, 0.1) is 6.20 Å². The van der Waals surface area contributed by atoms with Crippen LogP contribution in [-0.2, 0) is 0 Å². The van der Waals surface area contributed by atoms with Crippen LogP contribution in [0.15, 0.2) is 48.2 Å². The molecule has 3 rings (SSSR count). The third-order valence-electron chi connectivity index (χ3n) is 4.08. The molecule has 0 atom stereocenters. The van der Waals surface area contributed by atoms with E-state index < -0.39 is 0 Å². The first-order valence-electron chi connectivity index (χ1n) is 7.75. The molecule has 0 aliphatic heterocycles. The minimum Gasteiger partial charge on any atom is -0.488 e. The van der Waals surface area contributed by atoms with E-state index in [0.29, 0.717) is 6.61 Å². The molecular weight excluding hydrogens is 277 g/mol. The topological polar surface area (TPSA) is 22.1 Å². The molecule has 0 saturated carbocycles. The Morgan fingerprint density at radius 2 is 1.91 bits per heavy atom. The zero-order valence-electron chi connectivity index (χ0n) is 12.8. The highest BCUT2D eigenvalue weighted by atomic mass is 19.1. The molecule has 2 nitrogen and oxygen atoms in total. The van der Waals surface area contributed by atoms with Gasteiger partial charge in [-0.1, -0.05) is 18.2 Å². The Hall–Kier alpha value is -2.16. The van der Waals surface area contributed by atoms with Gasteiger partial charge in [0.2, 0.25) is 0 Å². The number of nitrogens with zero attached hydrogens (tertiary/aromatic N) is 1. The van der Waals surface area contributed by atoms with Crippen molar-refractivity contribution in [1.82, 2.24) is 4.98 Å². The van der Waals surface area contributed by atoms with Gasteiger partial charge in [-0.05, 0) is 62.0 Å². The van der Waals surface area contributed by atoms with Gasteiger partial charge in [0.15, 0.2) is 0 Å². The molecule has 1 aliphatic rings. The molecule has 0 N–H and O–H groups in total. The number of allylic oxidation sites excluding steroid dienone is 1. The molecule has 1 aliphatic carbocycles. The van der Waals surface area contributed by atoms with Crippen LogP contribution in [0.5, 0.6) is 5.75 Å². The molecule has 1 heterocycles. The first-order valence-corrected chi connectivity index (χ1v) is 7.75. The largest absolute Gasteiger partial charge is 0.488 e. The summed E-state index contributed by atoms with van der Waals surface area (Å²) < 4.78 is 19.9. The van der Waals surface area contributed by atoms with E-state index in [2.05, 4.69) is 4.98 Å². The standard InChI is InChI=1S/C19H20FNO/c1-14-10-11-16(12-21-14)22-13-15-6-2-3-7-17(15)18-8-4-5-9-19(18)20/h4-5,8-12H,2-3,6-7,13H2,1H3. The van der Waals surface area contributed by atoms with Crippen LogP contribution in [0.4, 0.5) is 4.39 Å². The van der Waals surface area contributed by atoms with Crippen molar-refractivity contribution in [3.05, 3.63) is 65.2 Å². The molecule has 2 aromatic rings. The van der Waals surface area contributed by atoms with Gasteiger partial charge in [0.1, 0.15) is 18.2 Å². The van der Waals surface area contributed by atoms with Crippen LogP contribution in [0, 0.1) is 12.7 Å². The van der Waals surface area contributed by atoms with Crippen molar-refractivity contribution in [3.63, 3.8) is 0 Å². The average molecular weight is 297 g/mol. The van der Waals surface area contributed by atoms with Gasteiger partial charge in [-0.15, -0.1) is 0 Å². The van der Waals surface area contributed by atoms with E-state index in [-0.39, 0.29) is 5.82 Å². The van der Waals surface area contributed by atoms with Crippen LogP contribution in [0.2, 0.25) is 0 Å². The van der Waals surface area contributed by atoms with Crippen molar-refractivity contribution < 1.29 is 9.13 Å². The number of aromatic nitrogens is 1. The predicted octanol–water partition coefficient (Wildman–Crippen LogP) is 4.94. The fourth-order valence-electron chi connectivity index (χ4n) is 2.87. The summed E-state index contributed by atoms with van der Waals surface area (Å²) in [5.74, 6) is 0.616. The number of ether oxygens (including phenoxy) is 1. The molecule has 0 radical (unpaired) electrons. The summed E-state index contributed by atoms with van der Waals surface area (Å²) in [4.78, 5) is 4.23. The van der Waals surface area contributed by atoms with Gasteiger partial charge in [-0.2, -0.15) is 0 Å². The molecule has 1 aromatic carbocycles. The van der Waals surface area contributed by atoms with Crippen LogP contribution in [0.1, 0.15) is 36.9 Å². The Labute approximate surface area is 130 Å². The molecule has 1 aromatic heterocycles. The zero-order valence-corrected chi connectivity index (χ0v) is 12.8. The molecule has 114 valence electrons. The lowest BCUT2D eigenvalue weighted by Crippen LogP contribution is -2.09. The highest BCUT2D eigenvalue weighted by Gasteiger charge is 2.17. The summed E-state index contributed by atoms with van der Waals surface area (Å²) in [6, 6.07) is 10.9. The second kappa shape index (κ2) is 6.73. The van der Waals surface area contributed by atoms with E-state index in [0.717, 1.165) is 48.3 Å². The average Bonchev–Trinajstić information content (AvgIpc) is 2.55. The van der Waals surface area contributed by atoms with Crippen LogP contribution in [-0.4, -0.2) is 11.6 Å². The minimum atomic E-state index is -0.145.